The van der Waals surface area contributed by atoms with Crippen molar-refractivity contribution in [2.75, 3.05) is 20.3 Å². The zero-order valence-corrected chi connectivity index (χ0v) is 11.1. The third kappa shape index (κ3) is 4.85. The van der Waals surface area contributed by atoms with Crippen molar-refractivity contribution in [2.45, 2.75) is 25.8 Å². The Bertz CT molecular complexity index is 363. The van der Waals surface area contributed by atoms with Crippen LogP contribution < -0.4 is 11.1 Å². The number of rotatable bonds is 7. The molecule has 1 atom stereocenters. The third-order valence-corrected chi connectivity index (χ3v) is 2.79. The molecule has 1 aromatic rings. The summed E-state index contributed by atoms with van der Waals surface area (Å²) < 4.78 is 4.94. The normalized spacial score (nSPS) is 12.2. The molecule has 100 valence electrons. The summed E-state index contributed by atoms with van der Waals surface area (Å²) in [6.07, 6.45) is 1.84. The van der Waals surface area contributed by atoms with Crippen LogP contribution in [0, 0.1) is 6.92 Å². The van der Waals surface area contributed by atoms with E-state index in [9.17, 15) is 4.79 Å². The number of benzene rings is 1. The molecule has 0 aliphatic rings. The molecule has 1 aromatic carbocycles. The Kier molecular flexibility index (Phi) is 6.39. The molecule has 0 saturated carbocycles. The molecule has 0 heterocycles. The molecule has 3 N–H and O–H groups in total. The second kappa shape index (κ2) is 7.84. The van der Waals surface area contributed by atoms with Crippen LogP contribution in [0.4, 0.5) is 0 Å². The van der Waals surface area contributed by atoms with Gasteiger partial charge in [0.2, 0.25) is 5.91 Å². The molecule has 0 aliphatic heterocycles. The van der Waals surface area contributed by atoms with Crippen molar-refractivity contribution in [2.24, 2.45) is 5.73 Å². The first-order valence-corrected chi connectivity index (χ1v) is 6.24. The first-order chi connectivity index (χ1) is 8.65. The van der Waals surface area contributed by atoms with Crippen LogP contribution in [0.15, 0.2) is 24.3 Å². The van der Waals surface area contributed by atoms with Crippen molar-refractivity contribution < 1.29 is 9.53 Å². The number of amides is 1. The molecule has 0 fully saturated rings. The zero-order chi connectivity index (χ0) is 13.4. The molecule has 0 bridgehead atoms. The van der Waals surface area contributed by atoms with Gasteiger partial charge in [0, 0.05) is 20.3 Å². The van der Waals surface area contributed by atoms with Crippen molar-refractivity contribution >= 4 is 5.91 Å². The summed E-state index contributed by atoms with van der Waals surface area (Å²) in [5.74, 6) is -0.128. The SMILES string of the molecule is COCCCCNC(=O)C(N)c1ccc(C)cc1. The predicted octanol–water partition coefficient (Wildman–Crippen LogP) is 1.54. The third-order valence-electron chi connectivity index (χ3n) is 2.79. The number of aryl methyl sites for hydroxylation is 1. The van der Waals surface area contributed by atoms with Crippen molar-refractivity contribution in [1.82, 2.24) is 5.32 Å². The summed E-state index contributed by atoms with van der Waals surface area (Å²) in [6.45, 7) is 3.37. The largest absolute Gasteiger partial charge is 0.385 e. The van der Waals surface area contributed by atoms with Crippen molar-refractivity contribution in [3.63, 3.8) is 0 Å². The molecule has 18 heavy (non-hydrogen) atoms. The second-order valence-electron chi connectivity index (χ2n) is 4.38. The molecule has 0 radical (unpaired) electrons. The Hall–Kier alpha value is -1.39. The zero-order valence-electron chi connectivity index (χ0n) is 11.1. The van der Waals surface area contributed by atoms with Gasteiger partial charge in [-0.25, -0.2) is 0 Å². The van der Waals surface area contributed by atoms with E-state index in [0.29, 0.717) is 6.54 Å². The van der Waals surface area contributed by atoms with Crippen molar-refractivity contribution in [1.29, 1.82) is 0 Å². The minimum atomic E-state index is -0.590. The smallest absolute Gasteiger partial charge is 0.241 e. The van der Waals surface area contributed by atoms with Crippen LogP contribution in [0.3, 0.4) is 0 Å². The number of carbonyl (C=O) groups excluding carboxylic acids is 1. The first kappa shape index (κ1) is 14.7. The Morgan fingerprint density at radius 3 is 2.61 bits per heavy atom. The topological polar surface area (TPSA) is 64.3 Å². The van der Waals surface area contributed by atoms with E-state index < -0.39 is 6.04 Å². The van der Waals surface area contributed by atoms with Crippen LogP contribution >= 0.6 is 0 Å². The number of unbranched alkanes of at least 4 members (excludes halogenated alkanes) is 1. The van der Waals surface area contributed by atoms with Gasteiger partial charge in [-0.2, -0.15) is 0 Å². The van der Waals surface area contributed by atoms with Crippen LogP contribution in [0.1, 0.15) is 30.0 Å². The fourth-order valence-corrected chi connectivity index (χ4v) is 1.62. The van der Waals surface area contributed by atoms with Crippen LogP contribution in [0.2, 0.25) is 0 Å². The fraction of sp³-hybridized carbons (Fsp3) is 0.500. The highest BCUT2D eigenvalue weighted by Gasteiger charge is 2.14. The van der Waals surface area contributed by atoms with Gasteiger partial charge in [0.15, 0.2) is 0 Å². The standard InChI is InChI=1S/C14H22N2O2/c1-11-5-7-12(8-6-11)13(15)14(17)16-9-3-4-10-18-2/h5-8,13H,3-4,9-10,15H2,1-2H3,(H,16,17). The van der Waals surface area contributed by atoms with E-state index in [-0.39, 0.29) is 5.91 Å². The Balaban J connectivity index is 2.34. The van der Waals surface area contributed by atoms with Gasteiger partial charge in [-0.1, -0.05) is 29.8 Å². The molecule has 0 spiro atoms. The van der Waals surface area contributed by atoms with E-state index in [1.807, 2.05) is 31.2 Å². The fourth-order valence-electron chi connectivity index (χ4n) is 1.62. The Morgan fingerprint density at radius 2 is 2.00 bits per heavy atom. The predicted molar refractivity (Wildman–Crippen MR) is 72.2 cm³/mol. The summed E-state index contributed by atoms with van der Waals surface area (Å²) in [5, 5.41) is 2.83. The lowest BCUT2D eigenvalue weighted by Gasteiger charge is -2.12. The van der Waals surface area contributed by atoms with Gasteiger partial charge < -0.3 is 15.8 Å². The maximum absolute atomic E-state index is 11.8. The molecule has 0 aliphatic carbocycles. The monoisotopic (exact) mass is 250 g/mol. The van der Waals surface area contributed by atoms with E-state index >= 15 is 0 Å². The summed E-state index contributed by atoms with van der Waals surface area (Å²) >= 11 is 0. The number of nitrogens with two attached hydrogens (primary N) is 1. The van der Waals surface area contributed by atoms with Crippen molar-refractivity contribution in [3.8, 4) is 0 Å². The van der Waals surface area contributed by atoms with Crippen LogP contribution in [-0.4, -0.2) is 26.2 Å². The number of methoxy groups -OCH3 is 1. The van der Waals surface area contributed by atoms with Crippen molar-refractivity contribution in [3.05, 3.63) is 35.4 Å². The second-order valence-corrected chi connectivity index (χ2v) is 4.38. The summed E-state index contributed by atoms with van der Waals surface area (Å²) in [7, 11) is 1.67. The number of ether oxygens (including phenoxy) is 1. The first-order valence-electron chi connectivity index (χ1n) is 6.24. The van der Waals surface area contributed by atoms with Crippen LogP contribution in [-0.2, 0) is 9.53 Å². The highest BCUT2D eigenvalue weighted by atomic mass is 16.5. The molecule has 0 saturated heterocycles. The minimum Gasteiger partial charge on any atom is -0.385 e. The lowest BCUT2D eigenvalue weighted by molar-refractivity contribution is -0.122. The molecular formula is C14H22N2O2. The highest BCUT2D eigenvalue weighted by Crippen LogP contribution is 2.11. The highest BCUT2D eigenvalue weighted by molar-refractivity contribution is 5.82. The van der Waals surface area contributed by atoms with E-state index in [1.54, 1.807) is 7.11 Å². The molecular weight excluding hydrogens is 228 g/mol. The number of nitrogens with one attached hydrogen (secondary N) is 1. The summed E-state index contributed by atoms with van der Waals surface area (Å²) in [5.41, 5.74) is 7.89. The van der Waals surface area contributed by atoms with Gasteiger partial charge in [-0.05, 0) is 25.3 Å². The van der Waals surface area contributed by atoms with Gasteiger partial charge in [-0.15, -0.1) is 0 Å². The van der Waals surface area contributed by atoms with Gasteiger partial charge in [0.05, 0.1) is 0 Å². The average molecular weight is 250 g/mol. The van der Waals surface area contributed by atoms with E-state index in [0.717, 1.165) is 30.6 Å². The quantitative estimate of drug-likeness (QED) is 0.721. The molecule has 4 nitrogen and oxygen atoms in total. The van der Waals surface area contributed by atoms with E-state index in [4.69, 9.17) is 10.5 Å². The Labute approximate surface area is 109 Å². The Morgan fingerprint density at radius 1 is 1.33 bits per heavy atom. The lowest BCUT2D eigenvalue weighted by atomic mass is 10.1. The molecule has 0 aromatic heterocycles. The minimum absolute atomic E-state index is 0.128. The molecule has 1 rings (SSSR count). The maximum atomic E-state index is 11.8. The number of hydrogen-bond acceptors (Lipinski definition) is 3. The average Bonchev–Trinajstić information content (AvgIpc) is 2.38. The summed E-state index contributed by atoms with van der Waals surface area (Å²) in [6, 6.07) is 7.12. The van der Waals surface area contributed by atoms with Crippen LogP contribution in [0.5, 0.6) is 0 Å². The van der Waals surface area contributed by atoms with E-state index in [2.05, 4.69) is 5.32 Å². The molecule has 1 unspecified atom stereocenters. The maximum Gasteiger partial charge on any atom is 0.241 e. The van der Waals surface area contributed by atoms with Crippen LogP contribution in [0.25, 0.3) is 0 Å². The van der Waals surface area contributed by atoms with Gasteiger partial charge in [0.1, 0.15) is 6.04 Å². The lowest BCUT2D eigenvalue weighted by Crippen LogP contribution is -2.34. The molecule has 1 amide bonds. The van der Waals surface area contributed by atoms with Gasteiger partial charge in [-0.3, -0.25) is 4.79 Å². The van der Waals surface area contributed by atoms with Gasteiger partial charge in [0.25, 0.3) is 0 Å². The van der Waals surface area contributed by atoms with Gasteiger partial charge >= 0.3 is 0 Å². The summed E-state index contributed by atoms with van der Waals surface area (Å²) in [4.78, 5) is 11.8. The van der Waals surface area contributed by atoms with E-state index in [1.165, 1.54) is 0 Å². The number of carbonyl (C=O) groups is 1. The number of hydrogen-bond donors (Lipinski definition) is 2. The molecule has 4 heteroatoms.